The molecule has 0 aliphatic carbocycles. The zero-order valence-electron chi connectivity index (χ0n) is 9.78. The Hall–Kier alpha value is -2.33. The molecule has 10 heteroatoms. The second kappa shape index (κ2) is 6.02. The minimum atomic E-state index is -0.214. The number of rotatable bonds is 5. The van der Waals surface area contributed by atoms with Crippen LogP contribution in [0.5, 0.6) is 0 Å². The van der Waals surface area contributed by atoms with Gasteiger partial charge in [0, 0.05) is 6.20 Å². The van der Waals surface area contributed by atoms with Crippen LogP contribution in [0.15, 0.2) is 29.6 Å². The molecule has 6 N–H and O–H groups in total. The number of nitrogens with zero attached hydrogens (tertiary/aromatic N) is 4. The van der Waals surface area contributed by atoms with Crippen molar-refractivity contribution in [3.05, 3.63) is 24.4 Å². The van der Waals surface area contributed by atoms with Crippen molar-refractivity contribution in [1.82, 2.24) is 19.9 Å². The number of hydrogen-bond donors (Lipinski definition) is 4. The summed E-state index contributed by atoms with van der Waals surface area (Å²) in [4.78, 5) is 15.6. The van der Waals surface area contributed by atoms with E-state index in [0.29, 0.717) is 11.0 Å². The molecule has 9 nitrogen and oxygen atoms in total. The topological polar surface area (TPSA) is 137 Å². The number of nitrogens with two attached hydrogens (primary N) is 2. The predicted octanol–water partition coefficient (Wildman–Crippen LogP) is -0.597. The van der Waals surface area contributed by atoms with Gasteiger partial charge in [0.25, 0.3) is 5.95 Å². The van der Waals surface area contributed by atoms with E-state index in [0.717, 1.165) is 11.8 Å². The van der Waals surface area contributed by atoms with Crippen LogP contribution in [0.2, 0.25) is 0 Å². The first-order chi connectivity index (χ1) is 9.20. The first-order valence-corrected chi connectivity index (χ1v) is 6.20. The van der Waals surface area contributed by atoms with Gasteiger partial charge in [-0.05, 0) is 12.1 Å². The van der Waals surface area contributed by atoms with Gasteiger partial charge < -0.3 is 11.2 Å². The summed E-state index contributed by atoms with van der Waals surface area (Å²) in [6.07, 6.45) is 1.60. The molecule has 2 heterocycles. The van der Waals surface area contributed by atoms with Crippen LogP contribution in [-0.4, -0.2) is 31.5 Å². The van der Waals surface area contributed by atoms with Gasteiger partial charge in [-0.15, -0.1) is 10.2 Å². The monoisotopic (exact) mass is 280 g/mol. The molecule has 0 saturated heterocycles. The van der Waals surface area contributed by atoms with Crippen LogP contribution in [0.3, 0.4) is 0 Å². The van der Waals surface area contributed by atoms with Crippen molar-refractivity contribution in [2.24, 2.45) is 5.84 Å². The van der Waals surface area contributed by atoms with Gasteiger partial charge in [-0.1, -0.05) is 17.8 Å². The van der Waals surface area contributed by atoms with Crippen LogP contribution in [0.25, 0.3) is 0 Å². The number of carbonyl (C=O) groups is 1. The van der Waals surface area contributed by atoms with E-state index in [1.807, 2.05) is 0 Å². The summed E-state index contributed by atoms with van der Waals surface area (Å²) in [5.41, 5.74) is 2.28. The number of nitrogen functional groups attached to an aromatic ring is 2. The zero-order chi connectivity index (χ0) is 13.7. The molecule has 0 atom stereocenters. The van der Waals surface area contributed by atoms with E-state index < -0.39 is 0 Å². The van der Waals surface area contributed by atoms with Gasteiger partial charge in [-0.2, -0.15) is 0 Å². The van der Waals surface area contributed by atoms with Crippen LogP contribution < -0.4 is 22.4 Å². The number of nitrogens with one attached hydrogen (secondary N) is 2. The molecular formula is C9H12N8OS. The quantitative estimate of drug-likeness (QED) is 0.324. The zero-order valence-corrected chi connectivity index (χ0v) is 10.6. The van der Waals surface area contributed by atoms with E-state index in [1.54, 1.807) is 24.4 Å². The number of anilines is 2. The van der Waals surface area contributed by atoms with Crippen LogP contribution in [0.1, 0.15) is 0 Å². The number of hydrogen-bond acceptors (Lipinski definition) is 8. The lowest BCUT2D eigenvalue weighted by atomic mass is 10.4. The van der Waals surface area contributed by atoms with Crippen molar-refractivity contribution >= 4 is 29.4 Å². The molecular weight excluding hydrogens is 268 g/mol. The van der Waals surface area contributed by atoms with Crippen molar-refractivity contribution in [3.63, 3.8) is 0 Å². The summed E-state index contributed by atoms with van der Waals surface area (Å²) >= 11 is 1.14. The lowest BCUT2D eigenvalue weighted by molar-refractivity contribution is -0.113. The standard InChI is InChI=1S/C9H12N8OS/c10-14-8-15-16-9(17(8)11)19-5-7(18)13-6-3-1-2-4-12-6/h1-4H,5,10-11H2,(H,14,15)(H,12,13,18). The normalized spacial score (nSPS) is 10.2. The molecule has 0 unspecified atom stereocenters. The van der Waals surface area contributed by atoms with E-state index in [-0.39, 0.29) is 17.6 Å². The molecule has 0 aromatic carbocycles. The highest BCUT2D eigenvalue weighted by molar-refractivity contribution is 7.99. The van der Waals surface area contributed by atoms with Crippen molar-refractivity contribution in [2.45, 2.75) is 5.16 Å². The average molecular weight is 280 g/mol. The Bertz CT molecular complexity index is 557. The molecule has 0 aliphatic heterocycles. The second-order valence-corrected chi connectivity index (χ2v) is 4.31. The molecule has 0 aliphatic rings. The van der Waals surface area contributed by atoms with Crippen molar-refractivity contribution in [3.8, 4) is 0 Å². The fraction of sp³-hybridized carbons (Fsp3) is 0.111. The van der Waals surface area contributed by atoms with Gasteiger partial charge in [0.2, 0.25) is 11.1 Å². The molecule has 2 rings (SSSR count). The summed E-state index contributed by atoms with van der Waals surface area (Å²) in [6.45, 7) is 0. The van der Waals surface area contributed by atoms with Gasteiger partial charge in [-0.25, -0.2) is 15.5 Å². The molecule has 19 heavy (non-hydrogen) atoms. The van der Waals surface area contributed by atoms with Crippen LogP contribution in [0, 0.1) is 0 Å². The minimum absolute atomic E-state index is 0.135. The first-order valence-electron chi connectivity index (χ1n) is 5.21. The van der Waals surface area contributed by atoms with Crippen molar-refractivity contribution in [2.75, 3.05) is 22.3 Å². The Morgan fingerprint density at radius 3 is 2.89 bits per heavy atom. The Morgan fingerprint density at radius 1 is 1.42 bits per heavy atom. The third kappa shape index (κ3) is 3.33. The summed E-state index contributed by atoms with van der Waals surface area (Å²) < 4.78 is 1.17. The van der Waals surface area contributed by atoms with Gasteiger partial charge >= 0.3 is 0 Å². The van der Waals surface area contributed by atoms with E-state index in [2.05, 4.69) is 25.9 Å². The number of thioether (sulfide) groups is 1. The Morgan fingerprint density at radius 2 is 2.26 bits per heavy atom. The molecule has 0 fully saturated rings. The van der Waals surface area contributed by atoms with Crippen molar-refractivity contribution in [1.29, 1.82) is 0 Å². The molecule has 0 bridgehead atoms. The molecule has 2 aromatic rings. The number of hydrazine groups is 1. The largest absolute Gasteiger partial charge is 0.334 e. The number of amides is 1. The maximum Gasteiger partial charge on any atom is 0.258 e. The lowest BCUT2D eigenvalue weighted by Crippen LogP contribution is -2.19. The molecule has 0 saturated carbocycles. The third-order valence-electron chi connectivity index (χ3n) is 2.06. The smallest absolute Gasteiger partial charge is 0.258 e. The molecule has 2 aromatic heterocycles. The molecule has 100 valence electrons. The fourth-order valence-electron chi connectivity index (χ4n) is 1.22. The highest BCUT2D eigenvalue weighted by Crippen LogP contribution is 2.16. The Balaban J connectivity index is 1.88. The van der Waals surface area contributed by atoms with E-state index in [1.165, 1.54) is 4.68 Å². The van der Waals surface area contributed by atoms with Gasteiger partial charge in [-0.3, -0.25) is 10.2 Å². The van der Waals surface area contributed by atoms with E-state index >= 15 is 0 Å². The van der Waals surface area contributed by atoms with Gasteiger partial charge in [0.05, 0.1) is 5.75 Å². The molecule has 0 radical (unpaired) electrons. The lowest BCUT2D eigenvalue weighted by Gasteiger charge is -2.04. The first kappa shape index (κ1) is 13.1. The van der Waals surface area contributed by atoms with E-state index in [4.69, 9.17) is 11.7 Å². The van der Waals surface area contributed by atoms with Gasteiger partial charge in [0.1, 0.15) is 5.82 Å². The Labute approximate surface area is 112 Å². The average Bonchev–Trinajstić information content (AvgIpc) is 2.78. The maximum atomic E-state index is 11.7. The Kier molecular flexibility index (Phi) is 4.15. The fourth-order valence-corrected chi connectivity index (χ4v) is 1.88. The molecule has 1 amide bonds. The summed E-state index contributed by atoms with van der Waals surface area (Å²) in [5.74, 6) is 11.4. The predicted molar refractivity (Wildman–Crippen MR) is 71.6 cm³/mol. The second-order valence-electron chi connectivity index (χ2n) is 3.37. The molecule has 0 spiro atoms. The minimum Gasteiger partial charge on any atom is -0.334 e. The highest BCUT2D eigenvalue weighted by Gasteiger charge is 2.11. The van der Waals surface area contributed by atoms with Crippen LogP contribution in [0.4, 0.5) is 11.8 Å². The van der Waals surface area contributed by atoms with Gasteiger partial charge in [0.15, 0.2) is 0 Å². The summed E-state index contributed by atoms with van der Waals surface area (Å²) in [6, 6.07) is 5.25. The van der Waals surface area contributed by atoms with Crippen LogP contribution >= 0.6 is 11.8 Å². The SMILES string of the molecule is NNc1nnc(SCC(=O)Nc2ccccn2)n1N. The van der Waals surface area contributed by atoms with Crippen molar-refractivity contribution < 1.29 is 4.79 Å². The third-order valence-corrected chi connectivity index (χ3v) is 3.00. The number of aromatic nitrogens is 4. The highest BCUT2D eigenvalue weighted by atomic mass is 32.2. The summed E-state index contributed by atoms with van der Waals surface area (Å²) in [5, 5.41) is 10.5. The number of pyridine rings is 1. The maximum absolute atomic E-state index is 11.7. The summed E-state index contributed by atoms with van der Waals surface area (Å²) in [7, 11) is 0. The van der Waals surface area contributed by atoms with Crippen LogP contribution in [-0.2, 0) is 4.79 Å². The van der Waals surface area contributed by atoms with E-state index in [9.17, 15) is 4.79 Å². The number of carbonyl (C=O) groups excluding carboxylic acids is 1.